The second kappa shape index (κ2) is 7.51. The predicted molar refractivity (Wildman–Crippen MR) is 92.1 cm³/mol. The standard InChI is InChI=1S/C19H20F2N2O2/c1-23(12-13-7-9-14(10-8-13)25-19(20)21)18(24)16-4-2-6-17-15(16)5-3-11-22-17/h2,4,6-10,19,22H,3,5,11-12H2,1H3. The van der Waals surface area contributed by atoms with Gasteiger partial charge in [0.15, 0.2) is 0 Å². The third kappa shape index (κ3) is 4.07. The van der Waals surface area contributed by atoms with E-state index >= 15 is 0 Å². The summed E-state index contributed by atoms with van der Waals surface area (Å²) in [6, 6.07) is 12.1. The Morgan fingerprint density at radius 2 is 2.00 bits per heavy atom. The van der Waals surface area contributed by atoms with Crippen molar-refractivity contribution in [2.45, 2.75) is 26.0 Å². The Bertz CT molecular complexity index is 748. The molecule has 1 aliphatic heterocycles. The van der Waals surface area contributed by atoms with Crippen LogP contribution in [0.25, 0.3) is 0 Å². The number of halogens is 2. The van der Waals surface area contributed by atoms with Gasteiger partial charge in [-0.1, -0.05) is 18.2 Å². The van der Waals surface area contributed by atoms with Gasteiger partial charge in [0, 0.05) is 31.4 Å². The number of carbonyl (C=O) groups excluding carboxylic acids is 1. The average Bonchev–Trinajstić information content (AvgIpc) is 2.62. The molecule has 2 aromatic rings. The maximum Gasteiger partial charge on any atom is 0.387 e. The van der Waals surface area contributed by atoms with Crippen molar-refractivity contribution in [2.75, 3.05) is 18.9 Å². The first-order chi connectivity index (χ1) is 12.0. The first-order valence-electron chi connectivity index (χ1n) is 8.19. The molecule has 0 fully saturated rings. The van der Waals surface area contributed by atoms with Gasteiger partial charge in [-0.2, -0.15) is 8.78 Å². The van der Waals surface area contributed by atoms with Crippen LogP contribution in [0.2, 0.25) is 0 Å². The molecule has 0 bridgehead atoms. The van der Waals surface area contributed by atoms with E-state index in [1.54, 1.807) is 24.1 Å². The van der Waals surface area contributed by atoms with Crippen molar-refractivity contribution < 1.29 is 18.3 Å². The topological polar surface area (TPSA) is 41.6 Å². The molecular weight excluding hydrogens is 326 g/mol. The zero-order valence-corrected chi connectivity index (χ0v) is 14.0. The zero-order chi connectivity index (χ0) is 17.8. The smallest absolute Gasteiger partial charge is 0.387 e. The number of amides is 1. The van der Waals surface area contributed by atoms with Crippen molar-refractivity contribution in [2.24, 2.45) is 0 Å². The Morgan fingerprint density at radius 3 is 2.72 bits per heavy atom. The third-order valence-electron chi connectivity index (χ3n) is 4.24. The number of carbonyl (C=O) groups is 1. The van der Waals surface area contributed by atoms with Gasteiger partial charge in [0.1, 0.15) is 5.75 Å². The minimum Gasteiger partial charge on any atom is -0.435 e. The molecule has 0 unspecified atom stereocenters. The van der Waals surface area contributed by atoms with E-state index in [4.69, 9.17) is 0 Å². The molecule has 132 valence electrons. The summed E-state index contributed by atoms with van der Waals surface area (Å²) in [5.74, 6) is 0.0596. The molecule has 1 N–H and O–H groups in total. The van der Waals surface area contributed by atoms with Gasteiger partial charge in [-0.15, -0.1) is 0 Å². The van der Waals surface area contributed by atoms with E-state index in [9.17, 15) is 13.6 Å². The van der Waals surface area contributed by atoms with Crippen molar-refractivity contribution in [3.63, 3.8) is 0 Å². The first-order valence-corrected chi connectivity index (χ1v) is 8.19. The number of nitrogens with one attached hydrogen (secondary N) is 1. The van der Waals surface area contributed by atoms with Crippen LogP contribution in [0.3, 0.4) is 0 Å². The van der Waals surface area contributed by atoms with Gasteiger partial charge in [-0.3, -0.25) is 4.79 Å². The molecule has 25 heavy (non-hydrogen) atoms. The Morgan fingerprint density at radius 1 is 1.24 bits per heavy atom. The monoisotopic (exact) mass is 346 g/mol. The van der Waals surface area contributed by atoms with E-state index in [1.807, 2.05) is 18.2 Å². The highest BCUT2D eigenvalue weighted by Crippen LogP contribution is 2.26. The van der Waals surface area contributed by atoms with E-state index in [1.165, 1.54) is 12.1 Å². The minimum atomic E-state index is -2.84. The van der Waals surface area contributed by atoms with Crippen LogP contribution < -0.4 is 10.1 Å². The van der Waals surface area contributed by atoms with Gasteiger partial charge < -0.3 is 15.0 Å². The Balaban J connectivity index is 1.71. The molecule has 3 rings (SSSR count). The van der Waals surface area contributed by atoms with Crippen molar-refractivity contribution in [3.05, 3.63) is 59.2 Å². The highest BCUT2D eigenvalue weighted by atomic mass is 19.3. The fraction of sp³-hybridized carbons (Fsp3) is 0.316. The molecule has 0 saturated heterocycles. The lowest BCUT2D eigenvalue weighted by Gasteiger charge is -2.23. The molecule has 0 aromatic heterocycles. The second-order valence-electron chi connectivity index (χ2n) is 6.05. The van der Waals surface area contributed by atoms with Crippen LogP contribution in [-0.4, -0.2) is 31.0 Å². The van der Waals surface area contributed by atoms with Crippen LogP contribution in [0.1, 0.15) is 27.9 Å². The molecule has 0 radical (unpaired) electrons. The number of nitrogens with zero attached hydrogens (tertiary/aromatic N) is 1. The molecule has 1 heterocycles. The van der Waals surface area contributed by atoms with E-state index in [-0.39, 0.29) is 11.7 Å². The largest absolute Gasteiger partial charge is 0.435 e. The van der Waals surface area contributed by atoms with Gasteiger partial charge >= 0.3 is 6.61 Å². The minimum absolute atomic E-state index is 0.0477. The van der Waals surface area contributed by atoms with Crippen LogP contribution in [0.5, 0.6) is 5.75 Å². The summed E-state index contributed by atoms with van der Waals surface area (Å²) in [5.41, 5.74) is 3.65. The second-order valence-corrected chi connectivity index (χ2v) is 6.05. The number of hydrogen-bond acceptors (Lipinski definition) is 3. The summed E-state index contributed by atoms with van der Waals surface area (Å²) >= 11 is 0. The van der Waals surface area contributed by atoms with Crippen LogP contribution in [0, 0.1) is 0 Å². The van der Waals surface area contributed by atoms with Gasteiger partial charge in [0.05, 0.1) is 0 Å². The summed E-state index contributed by atoms with van der Waals surface area (Å²) in [6.45, 7) is -1.52. The fourth-order valence-electron chi connectivity index (χ4n) is 3.04. The van der Waals surface area contributed by atoms with Crippen LogP contribution >= 0.6 is 0 Å². The van der Waals surface area contributed by atoms with Crippen LogP contribution in [0.4, 0.5) is 14.5 Å². The van der Waals surface area contributed by atoms with Gasteiger partial charge in [0.2, 0.25) is 0 Å². The lowest BCUT2D eigenvalue weighted by Crippen LogP contribution is -2.28. The molecule has 1 amide bonds. The molecule has 0 aliphatic carbocycles. The van der Waals surface area contributed by atoms with Crippen LogP contribution in [-0.2, 0) is 13.0 Å². The summed E-state index contributed by atoms with van der Waals surface area (Å²) < 4.78 is 28.7. The number of benzene rings is 2. The van der Waals surface area contributed by atoms with Crippen LogP contribution in [0.15, 0.2) is 42.5 Å². The van der Waals surface area contributed by atoms with E-state index in [0.717, 1.165) is 36.2 Å². The van der Waals surface area contributed by atoms with Crippen molar-refractivity contribution in [3.8, 4) is 5.75 Å². The summed E-state index contributed by atoms with van der Waals surface area (Å²) in [5, 5.41) is 3.32. The summed E-state index contributed by atoms with van der Waals surface area (Å²) in [4.78, 5) is 14.4. The number of ether oxygens (including phenoxy) is 1. The first kappa shape index (κ1) is 17.2. The highest BCUT2D eigenvalue weighted by Gasteiger charge is 2.20. The Kier molecular flexibility index (Phi) is 5.16. The molecular formula is C19H20F2N2O2. The van der Waals surface area contributed by atoms with Gasteiger partial charge in [-0.05, 0) is 48.2 Å². The lowest BCUT2D eigenvalue weighted by atomic mass is 9.97. The quantitative estimate of drug-likeness (QED) is 0.892. The van der Waals surface area contributed by atoms with E-state index < -0.39 is 6.61 Å². The third-order valence-corrected chi connectivity index (χ3v) is 4.24. The van der Waals surface area contributed by atoms with Crippen molar-refractivity contribution in [1.29, 1.82) is 0 Å². The molecule has 6 heteroatoms. The fourth-order valence-corrected chi connectivity index (χ4v) is 3.04. The molecule has 0 atom stereocenters. The lowest BCUT2D eigenvalue weighted by molar-refractivity contribution is -0.0498. The van der Waals surface area contributed by atoms with E-state index in [2.05, 4.69) is 10.1 Å². The van der Waals surface area contributed by atoms with Crippen molar-refractivity contribution >= 4 is 11.6 Å². The SMILES string of the molecule is CN(Cc1ccc(OC(F)F)cc1)C(=O)c1cccc2c1CCCN2. The molecule has 4 nitrogen and oxygen atoms in total. The molecule has 1 aliphatic rings. The molecule has 0 saturated carbocycles. The summed E-state index contributed by atoms with van der Waals surface area (Å²) in [7, 11) is 1.74. The number of anilines is 1. The number of fused-ring (bicyclic) bond motifs is 1. The predicted octanol–water partition coefficient (Wildman–Crippen LogP) is 3.92. The Labute approximate surface area is 145 Å². The summed E-state index contributed by atoms with van der Waals surface area (Å²) in [6.07, 6.45) is 1.89. The Hall–Kier alpha value is -2.63. The zero-order valence-electron chi connectivity index (χ0n) is 14.0. The maximum absolute atomic E-state index is 12.8. The molecule has 0 spiro atoms. The van der Waals surface area contributed by atoms with Gasteiger partial charge in [0.25, 0.3) is 5.91 Å². The number of hydrogen-bond donors (Lipinski definition) is 1. The van der Waals surface area contributed by atoms with E-state index in [0.29, 0.717) is 12.1 Å². The highest BCUT2D eigenvalue weighted by molar-refractivity contribution is 5.97. The van der Waals surface area contributed by atoms with Gasteiger partial charge in [-0.25, -0.2) is 0 Å². The average molecular weight is 346 g/mol. The number of alkyl halides is 2. The normalized spacial score (nSPS) is 13.1. The maximum atomic E-state index is 12.8. The number of rotatable bonds is 5. The van der Waals surface area contributed by atoms with Crippen molar-refractivity contribution in [1.82, 2.24) is 4.90 Å². The molecule has 2 aromatic carbocycles.